The Balaban J connectivity index is 1.84. The number of carbonyl (C=O) groups excluding carboxylic acids is 3. The van der Waals surface area contributed by atoms with Gasteiger partial charge in [0.05, 0.1) is 12.5 Å². The van der Waals surface area contributed by atoms with Crippen molar-refractivity contribution in [2.75, 3.05) is 6.54 Å². The van der Waals surface area contributed by atoms with Crippen LogP contribution < -0.4 is 5.11 Å². The standard InChI is InChI=1S/C16H10ClNO6/c17-10-3-1-2-9(6-10)12-5-4-11(23-12)7-13-15(21)18(8-14(19)20)16(22)24-13/h1-7H,8H2,(H,19,20)/p-1/b13-7-. The molecular formula is C16H9ClNO6-. The van der Waals surface area contributed by atoms with Gasteiger partial charge < -0.3 is 19.1 Å². The molecule has 24 heavy (non-hydrogen) atoms. The molecule has 0 spiro atoms. The zero-order valence-corrected chi connectivity index (χ0v) is 12.8. The van der Waals surface area contributed by atoms with Gasteiger partial charge in [-0.05, 0) is 24.3 Å². The van der Waals surface area contributed by atoms with Crippen LogP contribution in [0.5, 0.6) is 0 Å². The zero-order valence-electron chi connectivity index (χ0n) is 12.0. The van der Waals surface area contributed by atoms with E-state index < -0.39 is 24.5 Å². The third-order valence-corrected chi connectivity index (χ3v) is 3.41. The number of halogens is 1. The fourth-order valence-corrected chi connectivity index (χ4v) is 2.31. The molecule has 0 aliphatic carbocycles. The minimum Gasteiger partial charge on any atom is -0.548 e. The number of imide groups is 1. The van der Waals surface area contributed by atoms with E-state index in [2.05, 4.69) is 0 Å². The second-order valence-corrected chi connectivity index (χ2v) is 5.29. The number of carbonyl (C=O) groups is 3. The molecule has 2 aromatic rings. The van der Waals surface area contributed by atoms with Crippen molar-refractivity contribution >= 4 is 35.6 Å². The molecule has 1 aromatic heterocycles. The number of hydrogen-bond acceptors (Lipinski definition) is 6. The number of carboxylic acids is 1. The molecule has 122 valence electrons. The fraction of sp³-hybridized carbons (Fsp3) is 0.0625. The number of nitrogens with zero attached hydrogens (tertiary/aromatic N) is 1. The van der Waals surface area contributed by atoms with Crippen LogP contribution in [-0.2, 0) is 14.3 Å². The first-order valence-electron chi connectivity index (χ1n) is 6.75. The summed E-state index contributed by atoms with van der Waals surface area (Å²) < 4.78 is 10.3. The summed E-state index contributed by atoms with van der Waals surface area (Å²) >= 11 is 5.92. The molecule has 1 saturated heterocycles. The Kier molecular flexibility index (Phi) is 4.09. The Hall–Kier alpha value is -3.06. The SMILES string of the molecule is O=C([O-])CN1C(=O)O/C(=C\c2ccc(-c3cccc(Cl)c3)o2)C1=O. The van der Waals surface area contributed by atoms with Gasteiger partial charge >= 0.3 is 6.09 Å². The summed E-state index contributed by atoms with van der Waals surface area (Å²) in [4.78, 5) is 34.4. The molecule has 8 heteroatoms. The molecule has 2 heterocycles. The summed E-state index contributed by atoms with van der Waals surface area (Å²) in [5, 5.41) is 11.1. The van der Waals surface area contributed by atoms with Gasteiger partial charge in [-0.25, -0.2) is 9.69 Å². The molecule has 0 atom stereocenters. The Bertz CT molecular complexity index is 869. The first-order chi connectivity index (χ1) is 11.4. The van der Waals surface area contributed by atoms with Crippen molar-refractivity contribution in [3.8, 4) is 11.3 Å². The predicted molar refractivity (Wildman–Crippen MR) is 80.3 cm³/mol. The summed E-state index contributed by atoms with van der Waals surface area (Å²) in [5.41, 5.74) is 0.737. The van der Waals surface area contributed by atoms with Gasteiger partial charge in [0, 0.05) is 16.7 Å². The molecule has 1 aliphatic heterocycles. The lowest BCUT2D eigenvalue weighted by molar-refractivity contribution is -0.305. The average molecular weight is 347 g/mol. The molecule has 1 fully saturated rings. The van der Waals surface area contributed by atoms with Crippen LogP contribution in [0, 0.1) is 0 Å². The molecule has 0 saturated carbocycles. The van der Waals surface area contributed by atoms with E-state index in [1.807, 2.05) is 0 Å². The third-order valence-electron chi connectivity index (χ3n) is 3.17. The number of ether oxygens (including phenoxy) is 1. The van der Waals surface area contributed by atoms with E-state index in [9.17, 15) is 19.5 Å². The molecular weight excluding hydrogens is 338 g/mol. The number of furan rings is 1. The molecule has 1 aliphatic rings. The van der Waals surface area contributed by atoms with E-state index in [4.69, 9.17) is 20.8 Å². The minimum absolute atomic E-state index is 0.261. The number of aliphatic carboxylic acids is 1. The lowest BCUT2D eigenvalue weighted by Gasteiger charge is -2.09. The van der Waals surface area contributed by atoms with Gasteiger partial charge in [0.25, 0.3) is 5.91 Å². The van der Waals surface area contributed by atoms with Gasteiger partial charge in [0.15, 0.2) is 0 Å². The van der Waals surface area contributed by atoms with Crippen LogP contribution in [-0.4, -0.2) is 29.4 Å². The average Bonchev–Trinajstić information content (AvgIpc) is 3.08. The Labute approximate surface area is 140 Å². The monoisotopic (exact) mass is 346 g/mol. The smallest absolute Gasteiger partial charge is 0.422 e. The van der Waals surface area contributed by atoms with Crippen LogP contribution in [0.3, 0.4) is 0 Å². The highest BCUT2D eigenvalue weighted by atomic mass is 35.5. The van der Waals surface area contributed by atoms with Crippen molar-refractivity contribution in [1.82, 2.24) is 4.90 Å². The zero-order chi connectivity index (χ0) is 17.3. The maximum absolute atomic E-state index is 11.9. The number of benzene rings is 1. The van der Waals surface area contributed by atoms with Crippen LogP contribution in [0.25, 0.3) is 17.4 Å². The van der Waals surface area contributed by atoms with Gasteiger partial charge in [0.1, 0.15) is 11.5 Å². The number of cyclic esters (lactones) is 1. The molecule has 0 N–H and O–H groups in total. The van der Waals surface area contributed by atoms with Crippen LogP contribution in [0.2, 0.25) is 5.02 Å². The number of carboxylic acid groups (broad SMARTS) is 1. The van der Waals surface area contributed by atoms with E-state index >= 15 is 0 Å². The molecule has 3 rings (SSSR count). The number of hydrogen-bond donors (Lipinski definition) is 0. The van der Waals surface area contributed by atoms with Crippen molar-refractivity contribution < 1.29 is 28.6 Å². The highest BCUT2D eigenvalue weighted by Gasteiger charge is 2.36. The summed E-state index contributed by atoms with van der Waals surface area (Å²) in [6, 6.07) is 10.2. The number of rotatable bonds is 4. The number of amides is 2. The van der Waals surface area contributed by atoms with Crippen molar-refractivity contribution in [2.24, 2.45) is 0 Å². The largest absolute Gasteiger partial charge is 0.548 e. The molecule has 7 nitrogen and oxygen atoms in total. The first kappa shape index (κ1) is 15.8. The van der Waals surface area contributed by atoms with E-state index in [0.29, 0.717) is 15.7 Å². The highest BCUT2D eigenvalue weighted by Crippen LogP contribution is 2.27. The second kappa shape index (κ2) is 6.21. The van der Waals surface area contributed by atoms with E-state index in [1.54, 1.807) is 36.4 Å². The van der Waals surface area contributed by atoms with Gasteiger partial charge in [0.2, 0.25) is 5.76 Å². The first-order valence-corrected chi connectivity index (χ1v) is 7.13. The minimum atomic E-state index is -1.57. The predicted octanol–water partition coefficient (Wildman–Crippen LogP) is 1.67. The van der Waals surface area contributed by atoms with Crippen molar-refractivity contribution in [3.63, 3.8) is 0 Å². The third kappa shape index (κ3) is 3.16. The van der Waals surface area contributed by atoms with E-state index in [1.165, 1.54) is 6.08 Å². The van der Waals surface area contributed by atoms with Crippen LogP contribution >= 0.6 is 11.6 Å². The summed E-state index contributed by atoms with van der Waals surface area (Å²) in [7, 11) is 0. The molecule has 0 bridgehead atoms. The Morgan fingerprint density at radius 3 is 2.75 bits per heavy atom. The highest BCUT2D eigenvalue weighted by molar-refractivity contribution is 6.30. The Morgan fingerprint density at radius 1 is 1.25 bits per heavy atom. The van der Waals surface area contributed by atoms with Crippen molar-refractivity contribution in [3.05, 3.63) is 52.9 Å². The van der Waals surface area contributed by atoms with Gasteiger partial charge in [-0.15, -0.1) is 0 Å². The van der Waals surface area contributed by atoms with Crippen LogP contribution in [0.15, 0.2) is 46.6 Å². The normalized spacial score (nSPS) is 15.9. The van der Waals surface area contributed by atoms with Crippen LogP contribution in [0.4, 0.5) is 4.79 Å². The van der Waals surface area contributed by atoms with Crippen molar-refractivity contribution in [2.45, 2.75) is 0 Å². The summed E-state index contributed by atoms with van der Waals surface area (Å²) in [6.07, 6.45) is 0.140. The Morgan fingerprint density at radius 2 is 2.04 bits per heavy atom. The molecule has 0 unspecified atom stereocenters. The topological polar surface area (TPSA) is 99.9 Å². The fourth-order valence-electron chi connectivity index (χ4n) is 2.12. The maximum atomic E-state index is 11.9. The molecule has 0 radical (unpaired) electrons. The molecule has 1 aromatic carbocycles. The van der Waals surface area contributed by atoms with E-state index in [-0.39, 0.29) is 11.5 Å². The maximum Gasteiger partial charge on any atom is 0.422 e. The van der Waals surface area contributed by atoms with Crippen molar-refractivity contribution in [1.29, 1.82) is 0 Å². The van der Waals surface area contributed by atoms with E-state index in [0.717, 1.165) is 5.56 Å². The summed E-state index contributed by atoms with van der Waals surface area (Å²) in [6.45, 7) is -0.874. The summed E-state index contributed by atoms with van der Waals surface area (Å²) in [5.74, 6) is -2.00. The van der Waals surface area contributed by atoms with Gasteiger partial charge in [-0.2, -0.15) is 0 Å². The second-order valence-electron chi connectivity index (χ2n) is 4.85. The van der Waals surface area contributed by atoms with Crippen LogP contribution in [0.1, 0.15) is 5.76 Å². The molecule has 2 amide bonds. The lowest BCUT2D eigenvalue weighted by atomic mass is 10.2. The van der Waals surface area contributed by atoms with Gasteiger partial charge in [-0.3, -0.25) is 4.79 Å². The van der Waals surface area contributed by atoms with Gasteiger partial charge in [-0.1, -0.05) is 23.7 Å². The quantitative estimate of drug-likeness (QED) is 0.781. The lowest BCUT2D eigenvalue weighted by Crippen LogP contribution is -2.40.